The van der Waals surface area contributed by atoms with Gasteiger partial charge in [0.2, 0.25) is 5.13 Å². The minimum Gasteiger partial charge on any atom is -0.394 e. The number of rotatable bonds is 4. The number of aliphatic hydroxyl groups is 1. The van der Waals surface area contributed by atoms with E-state index in [0.29, 0.717) is 19.1 Å². The molecular weight excluding hydrogens is 238 g/mol. The van der Waals surface area contributed by atoms with Gasteiger partial charge in [-0.05, 0) is 12.8 Å². The Morgan fingerprint density at radius 3 is 2.71 bits per heavy atom. The van der Waals surface area contributed by atoms with E-state index in [4.69, 9.17) is 4.74 Å². The predicted molar refractivity (Wildman–Crippen MR) is 67.5 cm³/mol. The van der Waals surface area contributed by atoms with Crippen LogP contribution in [0.4, 0.5) is 5.13 Å². The molecule has 1 fully saturated rings. The topological polar surface area (TPSA) is 67.3 Å². The Morgan fingerprint density at radius 2 is 2.18 bits per heavy atom. The largest absolute Gasteiger partial charge is 0.394 e. The van der Waals surface area contributed by atoms with Crippen molar-refractivity contribution >= 4 is 16.7 Å². The first-order valence-electron chi connectivity index (χ1n) is 5.96. The number of hydrogen-bond acceptors (Lipinski definition) is 6. The van der Waals surface area contributed by atoms with E-state index >= 15 is 0 Å². The molecule has 0 spiro atoms. The van der Waals surface area contributed by atoms with Gasteiger partial charge in [0.05, 0.1) is 12.1 Å². The fourth-order valence-electron chi connectivity index (χ4n) is 1.83. The van der Waals surface area contributed by atoms with Crippen LogP contribution in [-0.4, -0.2) is 39.8 Å². The van der Waals surface area contributed by atoms with E-state index in [1.54, 1.807) is 0 Å². The Kier molecular flexibility index (Phi) is 3.96. The standard InChI is InChI=1S/C11H19N3O2S/c1-8(2)9-12-10(17-14-9)13-11(7-15)3-5-16-6-4-11/h8,15H,3-7H2,1-2H3,(H,12,13,14). The predicted octanol–water partition coefficient (Wildman–Crippen LogP) is 1.61. The summed E-state index contributed by atoms with van der Waals surface area (Å²) in [6.07, 6.45) is 1.61. The maximum atomic E-state index is 9.56. The lowest BCUT2D eigenvalue weighted by molar-refractivity contribution is 0.0380. The second-order valence-corrected chi connectivity index (χ2v) is 5.54. The molecule has 0 unspecified atom stereocenters. The summed E-state index contributed by atoms with van der Waals surface area (Å²) in [6.45, 7) is 5.62. The van der Waals surface area contributed by atoms with Gasteiger partial charge in [0, 0.05) is 30.7 Å². The van der Waals surface area contributed by atoms with Crippen LogP contribution in [0.1, 0.15) is 38.4 Å². The minimum absolute atomic E-state index is 0.104. The van der Waals surface area contributed by atoms with Crippen molar-refractivity contribution in [1.29, 1.82) is 0 Å². The summed E-state index contributed by atoms with van der Waals surface area (Å²) in [6, 6.07) is 0. The molecule has 0 saturated carbocycles. The van der Waals surface area contributed by atoms with Gasteiger partial charge < -0.3 is 15.2 Å². The van der Waals surface area contributed by atoms with Crippen molar-refractivity contribution in [3.8, 4) is 0 Å². The molecule has 5 nitrogen and oxygen atoms in total. The Labute approximate surface area is 105 Å². The fourth-order valence-corrected chi connectivity index (χ4v) is 2.66. The van der Waals surface area contributed by atoms with Gasteiger partial charge in [-0.2, -0.15) is 4.37 Å². The van der Waals surface area contributed by atoms with Crippen LogP contribution in [0.2, 0.25) is 0 Å². The van der Waals surface area contributed by atoms with Gasteiger partial charge in [0.25, 0.3) is 0 Å². The monoisotopic (exact) mass is 257 g/mol. The highest BCUT2D eigenvalue weighted by Crippen LogP contribution is 2.27. The lowest BCUT2D eigenvalue weighted by Gasteiger charge is -2.36. The molecule has 96 valence electrons. The van der Waals surface area contributed by atoms with Gasteiger partial charge >= 0.3 is 0 Å². The molecule has 1 aliphatic rings. The average molecular weight is 257 g/mol. The van der Waals surface area contributed by atoms with E-state index in [2.05, 4.69) is 28.5 Å². The second kappa shape index (κ2) is 5.29. The number of anilines is 1. The molecule has 0 bridgehead atoms. The summed E-state index contributed by atoms with van der Waals surface area (Å²) in [7, 11) is 0. The summed E-state index contributed by atoms with van der Waals surface area (Å²) in [5.74, 6) is 1.19. The zero-order valence-corrected chi connectivity index (χ0v) is 11.1. The molecule has 0 amide bonds. The number of ether oxygens (including phenoxy) is 1. The molecule has 17 heavy (non-hydrogen) atoms. The Balaban J connectivity index is 2.06. The van der Waals surface area contributed by atoms with Gasteiger partial charge in [-0.3, -0.25) is 0 Å². The van der Waals surface area contributed by atoms with E-state index in [-0.39, 0.29) is 12.1 Å². The van der Waals surface area contributed by atoms with Crippen molar-refractivity contribution < 1.29 is 9.84 Å². The van der Waals surface area contributed by atoms with Crippen molar-refractivity contribution in [3.05, 3.63) is 5.82 Å². The van der Waals surface area contributed by atoms with Crippen LogP contribution in [-0.2, 0) is 4.74 Å². The van der Waals surface area contributed by atoms with Crippen LogP contribution in [0.25, 0.3) is 0 Å². The molecule has 1 aliphatic heterocycles. The molecule has 1 aromatic heterocycles. The highest BCUT2D eigenvalue weighted by molar-refractivity contribution is 7.09. The summed E-state index contributed by atoms with van der Waals surface area (Å²) in [5, 5.41) is 13.7. The van der Waals surface area contributed by atoms with Crippen LogP contribution in [0, 0.1) is 0 Å². The molecular formula is C11H19N3O2S. The summed E-state index contributed by atoms with van der Waals surface area (Å²) in [4.78, 5) is 4.44. The zero-order chi connectivity index (χ0) is 12.3. The van der Waals surface area contributed by atoms with Gasteiger partial charge in [-0.1, -0.05) is 13.8 Å². The van der Waals surface area contributed by atoms with E-state index < -0.39 is 0 Å². The third-order valence-corrected chi connectivity index (χ3v) is 3.73. The summed E-state index contributed by atoms with van der Waals surface area (Å²) in [5.41, 5.74) is -0.286. The maximum absolute atomic E-state index is 9.56. The lowest BCUT2D eigenvalue weighted by atomic mass is 9.91. The molecule has 2 rings (SSSR count). The molecule has 2 heterocycles. The average Bonchev–Trinajstić information content (AvgIpc) is 2.79. The number of hydrogen-bond donors (Lipinski definition) is 2. The van der Waals surface area contributed by atoms with Crippen molar-refractivity contribution in [1.82, 2.24) is 9.36 Å². The highest BCUT2D eigenvalue weighted by atomic mass is 32.1. The van der Waals surface area contributed by atoms with Crippen molar-refractivity contribution in [3.63, 3.8) is 0 Å². The lowest BCUT2D eigenvalue weighted by Crippen LogP contribution is -2.46. The molecule has 1 aromatic rings. The van der Waals surface area contributed by atoms with Crippen LogP contribution in [0.15, 0.2) is 0 Å². The first-order chi connectivity index (χ1) is 8.15. The number of aliphatic hydroxyl groups excluding tert-OH is 1. The van der Waals surface area contributed by atoms with Crippen molar-refractivity contribution in [2.45, 2.75) is 38.1 Å². The molecule has 0 aliphatic carbocycles. The fraction of sp³-hybridized carbons (Fsp3) is 0.818. The van der Waals surface area contributed by atoms with Crippen LogP contribution >= 0.6 is 11.5 Å². The van der Waals surface area contributed by atoms with Gasteiger partial charge in [-0.25, -0.2) is 4.98 Å². The van der Waals surface area contributed by atoms with E-state index in [1.165, 1.54) is 11.5 Å². The molecule has 1 saturated heterocycles. The summed E-state index contributed by atoms with van der Waals surface area (Å²) >= 11 is 1.36. The first kappa shape index (κ1) is 12.7. The maximum Gasteiger partial charge on any atom is 0.203 e. The quantitative estimate of drug-likeness (QED) is 0.858. The van der Waals surface area contributed by atoms with Crippen molar-refractivity contribution in [2.24, 2.45) is 0 Å². The van der Waals surface area contributed by atoms with E-state index in [9.17, 15) is 5.11 Å². The van der Waals surface area contributed by atoms with Crippen LogP contribution in [0.5, 0.6) is 0 Å². The zero-order valence-electron chi connectivity index (χ0n) is 10.3. The van der Waals surface area contributed by atoms with Crippen LogP contribution < -0.4 is 5.32 Å². The van der Waals surface area contributed by atoms with E-state index in [1.807, 2.05) is 0 Å². The molecule has 6 heteroatoms. The van der Waals surface area contributed by atoms with Gasteiger partial charge in [0.1, 0.15) is 5.82 Å². The normalized spacial score (nSPS) is 19.5. The molecule has 0 atom stereocenters. The number of aromatic nitrogens is 2. The first-order valence-corrected chi connectivity index (χ1v) is 6.73. The molecule has 0 aromatic carbocycles. The second-order valence-electron chi connectivity index (χ2n) is 4.79. The Hall–Kier alpha value is -0.720. The number of nitrogens with one attached hydrogen (secondary N) is 1. The Morgan fingerprint density at radius 1 is 1.47 bits per heavy atom. The number of nitrogens with zero attached hydrogens (tertiary/aromatic N) is 2. The molecule has 0 radical (unpaired) electrons. The van der Waals surface area contributed by atoms with E-state index in [0.717, 1.165) is 23.8 Å². The molecule has 2 N–H and O–H groups in total. The SMILES string of the molecule is CC(C)c1nsc(NC2(CO)CCOCC2)n1. The van der Waals surface area contributed by atoms with Crippen LogP contribution in [0.3, 0.4) is 0 Å². The summed E-state index contributed by atoms with van der Waals surface area (Å²) < 4.78 is 9.63. The third kappa shape index (κ3) is 2.94. The van der Waals surface area contributed by atoms with Gasteiger partial charge in [0.15, 0.2) is 0 Å². The highest BCUT2D eigenvalue weighted by Gasteiger charge is 2.32. The Bertz CT molecular complexity index is 361. The smallest absolute Gasteiger partial charge is 0.203 e. The van der Waals surface area contributed by atoms with Gasteiger partial charge in [-0.15, -0.1) is 0 Å². The minimum atomic E-state index is -0.286. The third-order valence-electron chi connectivity index (χ3n) is 3.08. The van der Waals surface area contributed by atoms with Crippen molar-refractivity contribution in [2.75, 3.05) is 25.1 Å².